The minimum atomic E-state index is -0.764. The van der Waals surface area contributed by atoms with E-state index in [2.05, 4.69) is 15.9 Å². The van der Waals surface area contributed by atoms with Gasteiger partial charge in [-0.25, -0.2) is 0 Å². The van der Waals surface area contributed by atoms with Crippen LogP contribution in [0.2, 0.25) is 0 Å². The molecule has 0 aliphatic carbocycles. The molecule has 6 nitrogen and oxygen atoms in total. The van der Waals surface area contributed by atoms with Crippen molar-refractivity contribution in [3.63, 3.8) is 0 Å². The maximum Gasteiger partial charge on any atom is 0.256 e. The summed E-state index contributed by atoms with van der Waals surface area (Å²) in [5.74, 6) is 1.34. The van der Waals surface area contributed by atoms with Crippen molar-refractivity contribution in [1.29, 1.82) is 0 Å². The summed E-state index contributed by atoms with van der Waals surface area (Å²) in [6, 6.07) is 11.2. The van der Waals surface area contributed by atoms with Crippen molar-refractivity contribution in [3.05, 3.63) is 69.4 Å². The molecular formula is C24H24BrNO5. The van der Waals surface area contributed by atoms with E-state index in [0.29, 0.717) is 23.5 Å². The van der Waals surface area contributed by atoms with Gasteiger partial charge < -0.3 is 24.2 Å². The Balaban J connectivity index is 1.76. The Labute approximate surface area is 189 Å². The van der Waals surface area contributed by atoms with Gasteiger partial charge in [0.2, 0.25) is 0 Å². The van der Waals surface area contributed by atoms with Crippen LogP contribution in [-0.4, -0.2) is 42.9 Å². The van der Waals surface area contributed by atoms with Gasteiger partial charge in [-0.05, 0) is 48.9 Å². The molecule has 0 radical (unpaired) electrons. The molecule has 2 aliphatic heterocycles. The Hall–Kier alpha value is -2.93. The number of piperidine rings is 1. The minimum Gasteiger partial charge on any atom is -0.507 e. The number of fused-ring (bicyclic) bond motifs is 4. The first-order chi connectivity index (χ1) is 14.8. The second-order valence-corrected chi connectivity index (χ2v) is 8.74. The number of nitrogens with zero attached hydrogens (tertiary/aromatic N) is 1. The van der Waals surface area contributed by atoms with E-state index in [1.165, 1.54) is 0 Å². The van der Waals surface area contributed by atoms with E-state index < -0.39 is 5.72 Å². The average Bonchev–Trinajstić information content (AvgIpc) is 2.76. The summed E-state index contributed by atoms with van der Waals surface area (Å²) >= 11 is 3.50. The molecule has 2 aromatic carbocycles. The SMILES string of the molecule is COc1ccc(/C=C/C(O)=C2/C(=O)N(C)C3(C)CC2c2cc(Br)ccc2O3)cc1OC. The van der Waals surface area contributed by atoms with Gasteiger partial charge in [-0.1, -0.05) is 28.1 Å². The second kappa shape index (κ2) is 7.96. The molecule has 2 bridgehead atoms. The molecule has 2 atom stereocenters. The molecule has 2 aliphatic rings. The Morgan fingerprint density at radius 2 is 1.97 bits per heavy atom. The second-order valence-electron chi connectivity index (χ2n) is 7.83. The first-order valence-corrected chi connectivity index (χ1v) is 10.7. The predicted molar refractivity (Wildman–Crippen MR) is 122 cm³/mol. The number of likely N-dealkylation sites (tertiary alicyclic amines) is 1. The lowest BCUT2D eigenvalue weighted by atomic mass is 9.77. The molecule has 2 unspecified atom stereocenters. The summed E-state index contributed by atoms with van der Waals surface area (Å²) < 4.78 is 17.7. The van der Waals surface area contributed by atoms with E-state index >= 15 is 0 Å². The van der Waals surface area contributed by atoms with Crippen molar-refractivity contribution in [2.24, 2.45) is 0 Å². The van der Waals surface area contributed by atoms with Gasteiger partial charge in [0.05, 0.1) is 19.8 Å². The van der Waals surface area contributed by atoms with Crippen LogP contribution in [-0.2, 0) is 4.79 Å². The highest BCUT2D eigenvalue weighted by molar-refractivity contribution is 9.10. The lowest BCUT2D eigenvalue weighted by molar-refractivity contribution is -0.153. The number of carbonyl (C=O) groups excluding carboxylic acids is 1. The summed E-state index contributed by atoms with van der Waals surface area (Å²) in [7, 11) is 4.85. The van der Waals surface area contributed by atoms with Crippen molar-refractivity contribution >= 4 is 27.9 Å². The number of benzene rings is 2. The number of hydrogen-bond donors (Lipinski definition) is 1. The smallest absolute Gasteiger partial charge is 0.256 e. The van der Waals surface area contributed by atoms with Gasteiger partial charge in [0.15, 0.2) is 17.2 Å². The number of likely N-dealkylation sites (N-methyl/N-ethyl adjacent to an activating group) is 1. The van der Waals surface area contributed by atoms with E-state index in [9.17, 15) is 9.90 Å². The largest absolute Gasteiger partial charge is 0.507 e. The zero-order valence-corrected chi connectivity index (χ0v) is 19.4. The van der Waals surface area contributed by atoms with Crippen LogP contribution in [0, 0.1) is 0 Å². The third kappa shape index (κ3) is 3.67. The Bertz CT molecular complexity index is 1110. The molecule has 7 heteroatoms. The standard InChI is InChI=1S/C24H24BrNO5/c1-24-13-17(16-12-15(25)7-10-19(16)31-24)22(23(28)26(24)2)18(27)8-5-14-6-9-20(29-3)21(11-14)30-4/h5-12,17,27H,13H2,1-4H3/b8-5+,22-18-. The van der Waals surface area contributed by atoms with E-state index in [0.717, 1.165) is 21.3 Å². The number of carbonyl (C=O) groups is 1. The van der Waals surface area contributed by atoms with Crippen LogP contribution in [0.3, 0.4) is 0 Å². The first-order valence-electron chi connectivity index (χ1n) is 9.87. The van der Waals surface area contributed by atoms with Crippen molar-refractivity contribution in [1.82, 2.24) is 4.90 Å². The van der Waals surface area contributed by atoms with E-state index in [-0.39, 0.29) is 17.6 Å². The lowest BCUT2D eigenvalue weighted by Crippen LogP contribution is -2.59. The number of aliphatic hydroxyl groups excluding tert-OH is 1. The van der Waals surface area contributed by atoms with Gasteiger partial charge >= 0.3 is 0 Å². The molecule has 4 rings (SSSR count). The number of rotatable bonds is 4. The number of aliphatic hydroxyl groups is 1. The zero-order valence-electron chi connectivity index (χ0n) is 17.8. The molecule has 1 fully saturated rings. The summed E-state index contributed by atoms with van der Waals surface area (Å²) in [5, 5.41) is 11.0. The van der Waals surface area contributed by atoms with Gasteiger partial charge in [-0.15, -0.1) is 0 Å². The summed E-state index contributed by atoms with van der Waals surface area (Å²) in [6.07, 6.45) is 3.85. The maximum absolute atomic E-state index is 13.2. The highest BCUT2D eigenvalue weighted by atomic mass is 79.9. The van der Waals surface area contributed by atoms with Crippen molar-refractivity contribution < 1.29 is 24.1 Å². The molecular weight excluding hydrogens is 462 g/mol. The van der Waals surface area contributed by atoms with Gasteiger partial charge in [0.25, 0.3) is 5.91 Å². The predicted octanol–water partition coefficient (Wildman–Crippen LogP) is 5.05. The molecule has 1 amide bonds. The molecule has 2 aromatic rings. The molecule has 31 heavy (non-hydrogen) atoms. The van der Waals surface area contributed by atoms with Crippen LogP contribution in [0.4, 0.5) is 0 Å². The number of methoxy groups -OCH3 is 2. The van der Waals surface area contributed by atoms with Gasteiger partial charge in [0.1, 0.15) is 11.5 Å². The van der Waals surface area contributed by atoms with Crippen LogP contribution in [0.25, 0.3) is 6.08 Å². The number of hydrogen-bond acceptors (Lipinski definition) is 5. The third-order valence-electron chi connectivity index (χ3n) is 5.97. The average molecular weight is 486 g/mol. The van der Waals surface area contributed by atoms with Gasteiger partial charge in [-0.2, -0.15) is 0 Å². The summed E-state index contributed by atoms with van der Waals surface area (Å²) in [4.78, 5) is 14.8. The first kappa shape index (κ1) is 21.3. The van der Waals surface area contributed by atoms with Gasteiger partial charge in [0, 0.05) is 29.4 Å². The molecule has 0 saturated carbocycles. The molecule has 0 spiro atoms. The topological polar surface area (TPSA) is 68.2 Å². The highest BCUT2D eigenvalue weighted by Gasteiger charge is 2.51. The number of ether oxygens (including phenoxy) is 3. The maximum atomic E-state index is 13.2. The summed E-state index contributed by atoms with van der Waals surface area (Å²) in [6.45, 7) is 1.90. The molecule has 2 heterocycles. The normalized spacial score (nSPS) is 24.0. The summed E-state index contributed by atoms with van der Waals surface area (Å²) in [5.41, 5.74) is 1.29. The lowest BCUT2D eigenvalue weighted by Gasteiger charge is -2.50. The van der Waals surface area contributed by atoms with E-state index in [1.807, 2.05) is 31.2 Å². The minimum absolute atomic E-state index is 0.0634. The Kier molecular flexibility index (Phi) is 5.47. The molecule has 162 valence electrons. The van der Waals surface area contributed by atoms with Crippen LogP contribution >= 0.6 is 15.9 Å². The molecule has 1 saturated heterocycles. The van der Waals surface area contributed by atoms with Gasteiger partial charge in [-0.3, -0.25) is 4.79 Å². The quantitative estimate of drug-likeness (QED) is 0.484. The fraction of sp³-hybridized carbons (Fsp3) is 0.292. The number of amides is 1. The fourth-order valence-corrected chi connectivity index (χ4v) is 4.55. The Morgan fingerprint density at radius 1 is 1.23 bits per heavy atom. The van der Waals surface area contributed by atoms with Crippen molar-refractivity contribution in [3.8, 4) is 17.2 Å². The number of halogens is 1. The van der Waals surface area contributed by atoms with E-state index in [4.69, 9.17) is 14.2 Å². The zero-order chi connectivity index (χ0) is 22.3. The Morgan fingerprint density at radius 3 is 2.68 bits per heavy atom. The fourth-order valence-electron chi connectivity index (χ4n) is 4.17. The third-order valence-corrected chi connectivity index (χ3v) is 6.46. The van der Waals surface area contributed by atoms with Crippen LogP contribution in [0.5, 0.6) is 17.2 Å². The van der Waals surface area contributed by atoms with Crippen LogP contribution in [0.15, 0.2) is 58.3 Å². The highest BCUT2D eigenvalue weighted by Crippen LogP contribution is 2.50. The number of allylic oxidation sites excluding steroid dienone is 1. The van der Waals surface area contributed by atoms with E-state index in [1.54, 1.807) is 50.5 Å². The molecule has 0 aromatic heterocycles. The van der Waals surface area contributed by atoms with Crippen molar-refractivity contribution in [2.45, 2.75) is 25.0 Å². The molecule has 1 N–H and O–H groups in total. The van der Waals surface area contributed by atoms with Crippen LogP contribution in [0.1, 0.15) is 30.4 Å². The van der Waals surface area contributed by atoms with Crippen molar-refractivity contribution in [2.75, 3.05) is 21.3 Å². The van der Waals surface area contributed by atoms with Crippen LogP contribution < -0.4 is 14.2 Å². The monoisotopic (exact) mass is 485 g/mol.